The molecule has 1 aliphatic heterocycles. The average molecular weight is 444 g/mol. The number of carbonyl (C=O) groups is 2. The SMILES string of the molecule is O=C(COC(=O)c1ccc(F)cc1F)Nc1cc(C(F)(F)F)ccc1N1CCOCC1. The summed E-state index contributed by atoms with van der Waals surface area (Å²) in [4.78, 5) is 25.9. The number of ether oxygens (including phenoxy) is 2. The minimum atomic E-state index is -4.63. The van der Waals surface area contributed by atoms with E-state index in [9.17, 15) is 31.5 Å². The Labute approximate surface area is 173 Å². The maximum Gasteiger partial charge on any atom is 0.416 e. The first-order valence-corrected chi connectivity index (χ1v) is 9.11. The van der Waals surface area contributed by atoms with E-state index in [1.807, 2.05) is 0 Å². The number of carbonyl (C=O) groups excluding carboxylic acids is 2. The maximum atomic E-state index is 13.6. The Morgan fingerprint density at radius 1 is 1.06 bits per heavy atom. The summed E-state index contributed by atoms with van der Waals surface area (Å²) in [5.74, 6) is -4.21. The van der Waals surface area contributed by atoms with Crippen molar-refractivity contribution < 1.29 is 41.0 Å². The van der Waals surface area contributed by atoms with Gasteiger partial charge in [0.25, 0.3) is 5.91 Å². The molecule has 31 heavy (non-hydrogen) atoms. The van der Waals surface area contributed by atoms with E-state index in [4.69, 9.17) is 9.47 Å². The van der Waals surface area contributed by atoms with Crippen LogP contribution in [0.15, 0.2) is 36.4 Å². The van der Waals surface area contributed by atoms with Gasteiger partial charge in [-0.1, -0.05) is 0 Å². The molecule has 0 saturated carbocycles. The number of halogens is 5. The molecule has 1 fully saturated rings. The monoisotopic (exact) mass is 444 g/mol. The maximum absolute atomic E-state index is 13.6. The van der Waals surface area contributed by atoms with Gasteiger partial charge >= 0.3 is 12.1 Å². The highest BCUT2D eigenvalue weighted by molar-refractivity contribution is 5.97. The third-order valence-electron chi connectivity index (χ3n) is 4.44. The molecule has 0 unspecified atom stereocenters. The Morgan fingerprint density at radius 2 is 1.77 bits per heavy atom. The minimum Gasteiger partial charge on any atom is -0.452 e. The average Bonchev–Trinajstić information content (AvgIpc) is 2.72. The summed E-state index contributed by atoms with van der Waals surface area (Å²) in [5.41, 5.74) is -1.32. The molecule has 0 aliphatic carbocycles. The molecule has 0 aromatic heterocycles. The van der Waals surface area contributed by atoms with E-state index in [2.05, 4.69) is 5.32 Å². The normalized spacial score (nSPS) is 14.3. The highest BCUT2D eigenvalue weighted by atomic mass is 19.4. The first kappa shape index (κ1) is 22.5. The number of hydrogen-bond acceptors (Lipinski definition) is 5. The number of benzene rings is 2. The van der Waals surface area contributed by atoms with Crippen LogP contribution in [0.1, 0.15) is 15.9 Å². The number of anilines is 2. The van der Waals surface area contributed by atoms with Gasteiger partial charge < -0.3 is 19.7 Å². The molecule has 0 spiro atoms. The molecule has 166 valence electrons. The Kier molecular flexibility index (Phi) is 6.74. The van der Waals surface area contributed by atoms with Crippen molar-refractivity contribution >= 4 is 23.3 Å². The molecule has 3 rings (SSSR count). The fourth-order valence-electron chi connectivity index (χ4n) is 2.94. The summed E-state index contributed by atoms with van der Waals surface area (Å²) in [6, 6.07) is 5.10. The van der Waals surface area contributed by atoms with E-state index >= 15 is 0 Å². The van der Waals surface area contributed by atoms with Gasteiger partial charge in [-0.05, 0) is 30.3 Å². The lowest BCUT2D eigenvalue weighted by atomic mass is 10.1. The van der Waals surface area contributed by atoms with Crippen molar-refractivity contribution in [3.63, 3.8) is 0 Å². The van der Waals surface area contributed by atoms with Crippen LogP contribution in [0.5, 0.6) is 0 Å². The van der Waals surface area contributed by atoms with Gasteiger partial charge in [-0.15, -0.1) is 0 Å². The molecule has 0 bridgehead atoms. The van der Waals surface area contributed by atoms with Crippen LogP contribution in [-0.2, 0) is 20.4 Å². The van der Waals surface area contributed by atoms with Crippen molar-refractivity contribution in [2.24, 2.45) is 0 Å². The first-order valence-electron chi connectivity index (χ1n) is 9.11. The molecular formula is C20H17F5N2O4. The standard InChI is InChI=1S/C20H17F5N2O4/c21-13-2-3-14(15(22)10-13)19(29)31-11-18(28)26-16-9-12(20(23,24)25)1-4-17(16)27-5-7-30-8-6-27/h1-4,9-10H,5-8,11H2,(H,26,28). The molecule has 0 atom stereocenters. The van der Waals surface area contributed by atoms with Gasteiger partial charge in [0.05, 0.1) is 35.7 Å². The van der Waals surface area contributed by atoms with Crippen molar-refractivity contribution in [3.8, 4) is 0 Å². The van der Waals surface area contributed by atoms with Crippen LogP contribution in [0.2, 0.25) is 0 Å². The topological polar surface area (TPSA) is 67.9 Å². The Bertz CT molecular complexity index is 975. The molecule has 1 saturated heterocycles. The fraction of sp³-hybridized carbons (Fsp3) is 0.300. The lowest BCUT2D eigenvalue weighted by Gasteiger charge is -2.31. The number of esters is 1. The predicted octanol–water partition coefficient (Wildman–Crippen LogP) is 3.62. The van der Waals surface area contributed by atoms with E-state index < -0.39 is 47.4 Å². The zero-order valence-electron chi connectivity index (χ0n) is 16.0. The molecule has 1 heterocycles. The Hall–Kier alpha value is -3.21. The van der Waals surface area contributed by atoms with Gasteiger partial charge in [-0.25, -0.2) is 13.6 Å². The van der Waals surface area contributed by atoms with E-state index in [1.54, 1.807) is 4.90 Å². The Morgan fingerprint density at radius 3 is 2.42 bits per heavy atom. The number of nitrogens with one attached hydrogen (secondary N) is 1. The van der Waals surface area contributed by atoms with Crippen LogP contribution in [0.25, 0.3) is 0 Å². The molecule has 11 heteroatoms. The van der Waals surface area contributed by atoms with Crippen LogP contribution in [0, 0.1) is 11.6 Å². The highest BCUT2D eigenvalue weighted by Gasteiger charge is 2.32. The van der Waals surface area contributed by atoms with E-state index in [0.717, 1.165) is 24.3 Å². The summed E-state index contributed by atoms with van der Waals surface area (Å²) < 4.78 is 75.8. The van der Waals surface area contributed by atoms with Crippen molar-refractivity contribution in [2.75, 3.05) is 43.1 Å². The number of hydrogen-bond donors (Lipinski definition) is 1. The highest BCUT2D eigenvalue weighted by Crippen LogP contribution is 2.35. The van der Waals surface area contributed by atoms with Crippen LogP contribution >= 0.6 is 0 Å². The number of nitrogens with zero attached hydrogens (tertiary/aromatic N) is 1. The fourth-order valence-corrected chi connectivity index (χ4v) is 2.94. The first-order chi connectivity index (χ1) is 14.6. The van der Waals surface area contributed by atoms with E-state index in [1.165, 1.54) is 6.07 Å². The van der Waals surface area contributed by atoms with Crippen LogP contribution < -0.4 is 10.2 Å². The van der Waals surface area contributed by atoms with Gasteiger partial charge in [-0.3, -0.25) is 4.79 Å². The summed E-state index contributed by atoms with van der Waals surface area (Å²) in [5, 5.41) is 2.30. The molecular weight excluding hydrogens is 427 g/mol. The van der Waals surface area contributed by atoms with Gasteiger partial charge in [0.1, 0.15) is 11.6 Å². The van der Waals surface area contributed by atoms with Crippen molar-refractivity contribution in [2.45, 2.75) is 6.18 Å². The van der Waals surface area contributed by atoms with Crippen LogP contribution in [0.3, 0.4) is 0 Å². The van der Waals surface area contributed by atoms with E-state index in [0.29, 0.717) is 38.1 Å². The van der Waals surface area contributed by atoms with Crippen molar-refractivity contribution in [3.05, 3.63) is 59.2 Å². The molecule has 6 nitrogen and oxygen atoms in total. The van der Waals surface area contributed by atoms with Gasteiger partial charge in [0, 0.05) is 19.2 Å². The lowest BCUT2D eigenvalue weighted by Crippen LogP contribution is -2.37. The summed E-state index contributed by atoms with van der Waals surface area (Å²) in [6.45, 7) is 0.680. The molecule has 1 aliphatic rings. The second-order valence-corrected chi connectivity index (χ2v) is 6.58. The van der Waals surface area contributed by atoms with Gasteiger partial charge in [0.2, 0.25) is 0 Å². The third-order valence-corrected chi connectivity index (χ3v) is 4.44. The number of amides is 1. The minimum absolute atomic E-state index is 0.120. The summed E-state index contributed by atoms with van der Waals surface area (Å²) in [6.07, 6.45) is -4.63. The zero-order valence-corrected chi connectivity index (χ0v) is 16.0. The smallest absolute Gasteiger partial charge is 0.416 e. The number of alkyl halides is 3. The van der Waals surface area contributed by atoms with Gasteiger partial charge in [-0.2, -0.15) is 13.2 Å². The molecule has 1 N–H and O–H groups in total. The number of rotatable bonds is 5. The lowest BCUT2D eigenvalue weighted by molar-refractivity contribution is -0.137. The number of morpholine rings is 1. The zero-order chi connectivity index (χ0) is 22.6. The van der Waals surface area contributed by atoms with Crippen molar-refractivity contribution in [1.82, 2.24) is 0 Å². The van der Waals surface area contributed by atoms with E-state index in [-0.39, 0.29) is 5.69 Å². The molecule has 2 aromatic rings. The second-order valence-electron chi connectivity index (χ2n) is 6.58. The summed E-state index contributed by atoms with van der Waals surface area (Å²) in [7, 11) is 0. The molecule has 1 amide bonds. The molecule has 0 radical (unpaired) electrons. The van der Waals surface area contributed by atoms with Crippen LogP contribution in [-0.4, -0.2) is 44.8 Å². The second kappa shape index (κ2) is 9.29. The quantitative estimate of drug-likeness (QED) is 0.564. The Balaban J connectivity index is 1.73. The van der Waals surface area contributed by atoms with Gasteiger partial charge in [0.15, 0.2) is 6.61 Å². The molecule has 2 aromatic carbocycles. The predicted molar refractivity (Wildman–Crippen MR) is 99.7 cm³/mol. The summed E-state index contributed by atoms with van der Waals surface area (Å²) >= 11 is 0. The largest absolute Gasteiger partial charge is 0.452 e. The van der Waals surface area contributed by atoms with Crippen LogP contribution in [0.4, 0.5) is 33.3 Å². The third kappa shape index (κ3) is 5.69. The van der Waals surface area contributed by atoms with Crippen molar-refractivity contribution in [1.29, 1.82) is 0 Å².